The minimum absolute atomic E-state index is 0.00546. The number of carbonyl (C=O) groups is 1. The van der Waals surface area contributed by atoms with Crippen LogP contribution < -0.4 is 0 Å². The summed E-state index contributed by atoms with van der Waals surface area (Å²) in [5.41, 5.74) is 2.66. The lowest BCUT2D eigenvalue weighted by molar-refractivity contribution is -0.114. The van der Waals surface area contributed by atoms with Crippen molar-refractivity contribution in [2.75, 3.05) is 26.3 Å². The van der Waals surface area contributed by atoms with Crippen LogP contribution in [0.1, 0.15) is 16.0 Å². The van der Waals surface area contributed by atoms with E-state index in [2.05, 4.69) is 24.1 Å². The smallest absolute Gasteiger partial charge is 0.137 e. The molecule has 0 saturated carbocycles. The maximum atomic E-state index is 11.3. The molecular formula is C13H19NO2S. The molecule has 1 aliphatic rings. The Morgan fingerprint density at radius 2 is 2.18 bits per heavy atom. The van der Waals surface area contributed by atoms with Crippen molar-refractivity contribution in [3.8, 4) is 0 Å². The van der Waals surface area contributed by atoms with E-state index in [4.69, 9.17) is 4.74 Å². The van der Waals surface area contributed by atoms with E-state index in [1.54, 1.807) is 11.3 Å². The van der Waals surface area contributed by atoms with Gasteiger partial charge in [0.25, 0.3) is 0 Å². The van der Waals surface area contributed by atoms with Crippen LogP contribution in [0.3, 0.4) is 0 Å². The number of nitrogens with zero attached hydrogens (tertiary/aromatic N) is 1. The first-order valence-corrected chi connectivity index (χ1v) is 6.91. The molecule has 1 aromatic heterocycles. The summed E-state index contributed by atoms with van der Waals surface area (Å²) >= 11 is 1.77. The van der Waals surface area contributed by atoms with Crippen molar-refractivity contribution in [2.45, 2.75) is 26.3 Å². The van der Waals surface area contributed by atoms with Crippen LogP contribution in [0, 0.1) is 13.8 Å². The molecule has 3 nitrogen and oxygen atoms in total. The number of ether oxygens (including phenoxy) is 1. The lowest BCUT2D eigenvalue weighted by Crippen LogP contribution is -2.45. The Morgan fingerprint density at radius 1 is 1.47 bits per heavy atom. The van der Waals surface area contributed by atoms with E-state index in [0.717, 1.165) is 39.0 Å². The molecule has 0 aromatic carbocycles. The Hall–Kier alpha value is -0.710. The molecule has 2 rings (SSSR count). The van der Waals surface area contributed by atoms with Crippen LogP contribution in [0.4, 0.5) is 0 Å². The molecule has 4 heteroatoms. The van der Waals surface area contributed by atoms with E-state index in [0.29, 0.717) is 0 Å². The van der Waals surface area contributed by atoms with Gasteiger partial charge in [-0.05, 0) is 36.8 Å². The van der Waals surface area contributed by atoms with Crippen molar-refractivity contribution in [2.24, 2.45) is 0 Å². The van der Waals surface area contributed by atoms with Gasteiger partial charge in [0, 0.05) is 18.0 Å². The fraction of sp³-hybridized carbons (Fsp3) is 0.615. The van der Waals surface area contributed by atoms with Crippen molar-refractivity contribution in [1.29, 1.82) is 0 Å². The highest BCUT2D eigenvalue weighted by Gasteiger charge is 2.22. The first kappa shape index (κ1) is 12.7. The number of hydrogen-bond donors (Lipinski definition) is 0. The number of morpholine rings is 1. The topological polar surface area (TPSA) is 29.5 Å². The fourth-order valence-corrected chi connectivity index (χ4v) is 3.17. The van der Waals surface area contributed by atoms with E-state index < -0.39 is 0 Å². The molecule has 0 spiro atoms. The second kappa shape index (κ2) is 5.76. The molecule has 1 atom stereocenters. The lowest BCUT2D eigenvalue weighted by Gasteiger charge is -2.31. The second-order valence-corrected chi connectivity index (χ2v) is 5.59. The summed E-state index contributed by atoms with van der Waals surface area (Å²) in [7, 11) is 0. The SMILES string of the molecule is Cc1csc(C)c1CC(C=O)N1CCOCC1. The van der Waals surface area contributed by atoms with Gasteiger partial charge in [-0.1, -0.05) is 0 Å². The van der Waals surface area contributed by atoms with E-state index in [1.807, 2.05) is 0 Å². The molecule has 2 heterocycles. The Morgan fingerprint density at radius 3 is 2.71 bits per heavy atom. The van der Waals surface area contributed by atoms with Crippen molar-refractivity contribution < 1.29 is 9.53 Å². The number of aryl methyl sites for hydroxylation is 2. The number of hydrogen-bond acceptors (Lipinski definition) is 4. The molecule has 1 fully saturated rings. The zero-order valence-electron chi connectivity index (χ0n) is 10.4. The summed E-state index contributed by atoms with van der Waals surface area (Å²) in [6.45, 7) is 7.48. The monoisotopic (exact) mass is 253 g/mol. The highest BCUT2D eigenvalue weighted by molar-refractivity contribution is 7.10. The Kier molecular flexibility index (Phi) is 4.31. The maximum Gasteiger partial charge on any atom is 0.137 e. The summed E-state index contributed by atoms with van der Waals surface area (Å²) in [5.74, 6) is 0. The summed E-state index contributed by atoms with van der Waals surface area (Å²) < 4.78 is 5.32. The zero-order chi connectivity index (χ0) is 12.3. The molecule has 1 unspecified atom stereocenters. The number of aldehydes is 1. The molecule has 0 aliphatic carbocycles. The highest BCUT2D eigenvalue weighted by Crippen LogP contribution is 2.23. The molecule has 0 amide bonds. The van der Waals surface area contributed by atoms with Gasteiger partial charge in [-0.2, -0.15) is 0 Å². The molecule has 0 bridgehead atoms. The normalized spacial score (nSPS) is 19.2. The van der Waals surface area contributed by atoms with E-state index >= 15 is 0 Å². The van der Waals surface area contributed by atoms with Gasteiger partial charge in [0.2, 0.25) is 0 Å². The van der Waals surface area contributed by atoms with Gasteiger partial charge in [-0.3, -0.25) is 4.90 Å². The lowest BCUT2D eigenvalue weighted by atomic mass is 10.0. The predicted molar refractivity (Wildman–Crippen MR) is 69.7 cm³/mol. The van der Waals surface area contributed by atoms with Gasteiger partial charge < -0.3 is 9.53 Å². The van der Waals surface area contributed by atoms with Crippen LogP contribution in [-0.2, 0) is 16.0 Å². The van der Waals surface area contributed by atoms with Gasteiger partial charge in [0.05, 0.1) is 19.3 Å². The summed E-state index contributed by atoms with van der Waals surface area (Å²) in [5, 5.41) is 2.17. The van der Waals surface area contributed by atoms with Crippen molar-refractivity contribution in [3.05, 3.63) is 21.4 Å². The van der Waals surface area contributed by atoms with Gasteiger partial charge >= 0.3 is 0 Å². The molecule has 1 aromatic rings. The second-order valence-electron chi connectivity index (χ2n) is 4.51. The minimum Gasteiger partial charge on any atom is -0.379 e. The van der Waals surface area contributed by atoms with Crippen LogP contribution in [-0.4, -0.2) is 43.5 Å². The summed E-state index contributed by atoms with van der Waals surface area (Å²) in [6.07, 6.45) is 1.92. The van der Waals surface area contributed by atoms with Crippen LogP contribution in [0.25, 0.3) is 0 Å². The Labute approximate surface area is 106 Å². The predicted octanol–water partition coefficient (Wildman–Crippen LogP) is 1.81. The van der Waals surface area contributed by atoms with Crippen LogP contribution in [0.2, 0.25) is 0 Å². The zero-order valence-corrected chi connectivity index (χ0v) is 11.3. The molecule has 0 radical (unpaired) electrons. The quantitative estimate of drug-likeness (QED) is 0.766. The van der Waals surface area contributed by atoms with Gasteiger partial charge in [-0.25, -0.2) is 0 Å². The van der Waals surface area contributed by atoms with Crippen LogP contribution in [0.15, 0.2) is 5.38 Å². The third-order valence-corrected chi connectivity index (χ3v) is 4.47. The largest absolute Gasteiger partial charge is 0.379 e. The van der Waals surface area contributed by atoms with Crippen molar-refractivity contribution >= 4 is 17.6 Å². The van der Waals surface area contributed by atoms with Crippen molar-refractivity contribution in [3.63, 3.8) is 0 Å². The molecule has 94 valence electrons. The van der Waals surface area contributed by atoms with E-state index in [1.165, 1.54) is 16.0 Å². The number of carbonyl (C=O) groups excluding carboxylic acids is 1. The third-order valence-electron chi connectivity index (χ3n) is 3.40. The van der Waals surface area contributed by atoms with E-state index in [9.17, 15) is 4.79 Å². The molecule has 1 aliphatic heterocycles. The summed E-state index contributed by atoms with van der Waals surface area (Å²) in [6, 6.07) is 0.00546. The average Bonchev–Trinajstić information content (AvgIpc) is 2.68. The highest BCUT2D eigenvalue weighted by atomic mass is 32.1. The first-order chi connectivity index (χ1) is 8.22. The Bertz CT molecular complexity index is 363. The third kappa shape index (κ3) is 2.94. The molecule has 1 saturated heterocycles. The van der Waals surface area contributed by atoms with Crippen LogP contribution >= 0.6 is 11.3 Å². The molecule has 17 heavy (non-hydrogen) atoms. The summed E-state index contributed by atoms with van der Waals surface area (Å²) in [4.78, 5) is 14.8. The standard InChI is InChI=1S/C13H19NO2S/c1-10-9-17-11(2)13(10)7-12(8-15)14-3-5-16-6-4-14/h8-9,12H,3-7H2,1-2H3. The van der Waals surface area contributed by atoms with Gasteiger partial charge in [0.1, 0.15) is 6.29 Å². The van der Waals surface area contributed by atoms with Gasteiger partial charge in [0.15, 0.2) is 0 Å². The van der Waals surface area contributed by atoms with Crippen molar-refractivity contribution in [1.82, 2.24) is 4.90 Å². The number of thiophene rings is 1. The number of rotatable bonds is 4. The van der Waals surface area contributed by atoms with Crippen LogP contribution in [0.5, 0.6) is 0 Å². The van der Waals surface area contributed by atoms with E-state index in [-0.39, 0.29) is 6.04 Å². The first-order valence-electron chi connectivity index (χ1n) is 6.03. The maximum absolute atomic E-state index is 11.3. The van der Waals surface area contributed by atoms with Gasteiger partial charge in [-0.15, -0.1) is 11.3 Å². The average molecular weight is 253 g/mol. The fourth-order valence-electron chi connectivity index (χ4n) is 2.28. The minimum atomic E-state index is 0.00546. The molecular weight excluding hydrogens is 234 g/mol. The molecule has 0 N–H and O–H groups in total. The Balaban J connectivity index is 2.06.